The van der Waals surface area contributed by atoms with Crippen LogP contribution in [0.1, 0.15) is 328 Å². The van der Waals surface area contributed by atoms with E-state index < -0.39 is 26.5 Å². The number of unbranched alkanes of at least 4 members (excludes halogenated alkanes) is 41. The summed E-state index contributed by atoms with van der Waals surface area (Å²) in [6.07, 6.45) is 78.0. The third-order valence-electron chi connectivity index (χ3n) is 15.1. The zero-order valence-electron chi connectivity index (χ0n) is 52.9. The molecule has 0 bridgehead atoms. The van der Waals surface area contributed by atoms with Crippen LogP contribution in [-0.2, 0) is 32.7 Å². The van der Waals surface area contributed by atoms with Crippen molar-refractivity contribution in [3.63, 3.8) is 0 Å². The number of rotatable bonds is 63. The van der Waals surface area contributed by atoms with Crippen LogP contribution in [0.3, 0.4) is 0 Å². The third kappa shape index (κ3) is 65.0. The minimum Gasteiger partial charge on any atom is -0.462 e. The van der Waals surface area contributed by atoms with E-state index in [0.717, 1.165) is 57.8 Å². The number of carbonyl (C=O) groups is 2. The highest BCUT2D eigenvalue weighted by atomic mass is 31.2. The first-order chi connectivity index (χ1) is 38.5. The molecule has 9 nitrogen and oxygen atoms in total. The summed E-state index contributed by atoms with van der Waals surface area (Å²) in [5.41, 5.74) is 0. The summed E-state index contributed by atoms with van der Waals surface area (Å²) in [5.74, 6) is -0.777. The second-order valence-corrected chi connectivity index (χ2v) is 25.6. The Hall–Kier alpha value is -2.03. The number of hydrogen-bond donors (Lipinski definition) is 1. The lowest BCUT2D eigenvalue weighted by atomic mass is 10.0. The maximum atomic E-state index is 12.8. The number of quaternary nitrogens is 1. The molecular weight excluding hydrogens is 1000 g/mol. The molecule has 0 aromatic carbocycles. The number of phosphoric acid groups is 1. The largest absolute Gasteiger partial charge is 0.472 e. The smallest absolute Gasteiger partial charge is 0.462 e. The Morgan fingerprint density at radius 1 is 0.405 bits per heavy atom. The molecule has 2 atom stereocenters. The number of ether oxygens (including phenoxy) is 2. The van der Waals surface area contributed by atoms with Gasteiger partial charge in [0.05, 0.1) is 27.7 Å². The van der Waals surface area contributed by atoms with Crippen LogP contribution in [0.4, 0.5) is 0 Å². The minimum atomic E-state index is -4.38. The van der Waals surface area contributed by atoms with Crippen molar-refractivity contribution in [1.82, 2.24) is 0 Å². The Morgan fingerprint density at radius 3 is 1.08 bits per heavy atom. The standard InChI is InChI=1S/C69H130NO8P/c1-6-8-10-12-14-16-18-20-22-24-25-26-27-28-29-30-31-32-33-34-35-36-37-38-39-40-41-42-43-44-45-46-48-50-52-54-56-58-60-62-69(72)78-67(66-77-79(73,74)76-64-63-70(3,4)5)65-75-68(71)61-59-57-55-53-51-49-47-23-21-19-17-15-13-11-9-7-2/h8,10,14,16,20,22,25-26,67H,6-7,9,11-13,15,17-19,21,23-24,27-66H2,1-5H3/p+1/b10-8-,16-14-,22-20-,26-25-. The lowest BCUT2D eigenvalue weighted by Gasteiger charge is -2.24. The molecule has 2 unspecified atom stereocenters. The predicted octanol–water partition coefficient (Wildman–Crippen LogP) is 21.7. The highest BCUT2D eigenvalue weighted by Gasteiger charge is 2.27. The van der Waals surface area contributed by atoms with E-state index in [1.54, 1.807) is 0 Å². The van der Waals surface area contributed by atoms with E-state index >= 15 is 0 Å². The van der Waals surface area contributed by atoms with Crippen LogP contribution < -0.4 is 0 Å². The summed E-state index contributed by atoms with van der Waals surface area (Å²) in [5, 5.41) is 0. The molecule has 0 saturated heterocycles. The molecule has 0 fully saturated rings. The van der Waals surface area contributed by atoms with Crippen molar-refractivity contribution in [2.24, 2.45) is 0 Å². The van der Waals surface area contributed by atoms with Gasteiger partial charge in [0.15, 0.2) is 6.10 Å². The molecule has 0 aliphatic carbocycles. The highest BCUT2D eigenvalue weighted by molar-refractivity contribution is 7.47. The molecule has 0 heterocycles. The van der Waals surface area contributed by atoms with Crippen LogP contribution in [0.15, 0.2) is 48.6 Å². The van der Waals surface area contributed by atoms with Gasteiger partial charge in [-0.15, -0.1) is 0 Å². The monoisotopic (exact) mass is 1130 g/mol. The van der Waals surface area contributed by atoms with Gasteiger partial charge in [-0.3, -0.25) is 18.6 Å². The fourth-order valence-electron chi connectivity index (χ4n) is 9.95. The Balaban J connectivity index is 3.89. The van der Waals surface area contributed by atoms with Gasteiger partial charge in [0.1, 0.15) is 19.8 Å². The molecule has 0 amide bonds. The van der Waals surface area contributed by atoms with Gasteiger partial charge in [-0.05, 0) is 51.4 Å². The van der Waals surface area contributed by atoms with Gasteiger partial charge < -0.3 is 18.9 Å². The minimum absolute atomic E-state index is 0.0352. The van der Waals surface area contributed by atoms with E-state index in [2.05, 4.69) is 62.5 Å². The Bertz CT molecular complexity index is 1470. The average Bonchev–Trinajstić information content (AvgIpc) is 3.41. The summed E-state index contributed by atoms with van der Waals surface area (Å²) in [6.45, 7) is 4.38. The summed E-state index contributed by atoms with van der Waals surface area (Å²) < 4.78 is 34.7. The second-order valence-electron chi connectivity index (χ2n) is 24.2. The zero-order valence-corrected chi connectivity index (χ0v) is 53.8. The summed E-state index contributed by atoms with van der Waals surface area (Å²) >= 11 is 0. The van der Waals surface area contributed by atoms with Gasteiger partial charge >= 0.3 is 19.8 Å². The molecule has 0 saturated carbocycles. The molecule has 464 valence electrons. The van der Waals surface area contributed by atoms with Gasteiger partial charge in [0.2, 0.25) is 0 Å². The van der Waals surface area contributed by atoms with Gasteiger partial charge in [-0.2, -0.15) is 0 Å². The summed E-state index contributed by atoms with van der Waals surface area (Å²) in [4.78, 5) is 35.7. The number of esters is 2. The van der Waals surface area contributed by atoms with Crippen LogP contribution >= 0.6 is 7.82 Å². The lowest BCUT2D eigenvalue weighted by molar-refractivity contribution is -0.870. The molecule has 1 N–H and O–H groups in total. The molecule has 0 rings (SSSR count). The van der Waals surface area contributed by atoms with Gasteiger partial charge in [0, 0.05) is 12.8 Å². The Labute approximate surface area is 490 Å². The van der Waals surface area contributed by atoms with E-state index in [1.165, 1.54) is 238 Å². The maximum absolute atomic E-state index is 12.8. The number of carbonyl (C=O) groups excluding carboxylic acids is 2. The summed E-state index contributed by atoms with van der Waals surface area (Å²) in [7, 11) is 1.50. The Kier molecular flexibility index (Phi) is 59.0. The van der Waals surface area contributed by atoms with E-state index in [9.17, 15) is 19.0 Å². The molecule has 0 aliphatic heterocycles. The van der Waals surface area contributed by atoms with E-state index in [-0.39, 0.29) is 25.6 Å². The first-order valence-electron chi connectivity index (χ1n) is 33.9. The number of phosphoric ester groups is 1. The van der Waals surface area contributed by atoms with Crippen molar-refractivity contribution in [2.75, 3.05) is 47.5 Å². The number of allylic oxidation sites excluding steroid dienone is 8. The van der Waals surface area contributed by atoms with Crippen LogP contribution in [0.25, 0.3) is 0 Å². The molecule has 0 aromatic heterocycles. The van der Waals surface area contributed by atoms with Crippen molar-refractivity contribution >= 4 is 19.8 Å². The number of hydrogen-bond acceptors (Lipinski definition) is 7. The number of nitrogens with zero attached hydrogens (tertiary/aromatic N) is 1. The zero-order chi connectivity index (χ0) is 57.7. The predicted molar refractivity (Wildman–Crippen MR) is 340 cm³/mol. The first kappa shape index (κ1) is 77.0. The van der Waals surface area contributed by atoms with E-state index in [4.69, 9.17) is 18.5 Å². The molecule has 10 heteroatoms. The van der Waals surface area contributed by atoms with E-state index in [0.29, 0.717) is 23.9 Å². The van der Waals surface area contributed by atoms with Crippen LogP contribution in [0.5, 0.6) is 0 Å². The average molecular weight is 1130 g/mol. The highest BCUT2D eigenvalue weighted by Crippen LogP contribution is 2.43. The van der Waals surface area contributed by atoms with Crippen molar-refractivity contribution in [2.45, 2.75) is 335 Å². The van der Waals surface area contributed by atoms with Crippen molar-refractivity contribution in [3.8, 4) is 0 Å². The second kappa shape index (κ2) is 60.6. The first-order valence-corrected chi connectivity index (χ1v) is 35.4. The molecule has 0 radical (unpaired) electrons. The van der Waals surface area contributed by atoms with Crippen LogP contribution in [-0.4, -0.2) is 74.9 Å². The van der Waals surface area contributed by atoms with Crippen molar-refractivity contribution in [3.05, 3.63) is 48.6 Å². The normalized spacial score (nSPS) is 13.4. The van der Waals surface area contributed by atoms with Crippen molar-refractivity contribution < 1.29 is 42.1 Å². The Morgan fingerprint density at radius 2 is 0.722 bits per heavy atom. The summed E-state index contributed by atoms with van der Waals surface area (Å²) in [6, 6.07) is 0. The fraction of sp³-hybridized carbons (Fsp3) is 0.855. The molecule has 0 aliphatic rings. The van der Waals surface area contributed by atoms with Gasteiger partial charge in [-0.25, -0.2) is 4.57 Å². The lowest BCUT2D eigenvalue weighted by Crippen LogP contribution is -2.37. The van der Waals surface area contributed by atoms with Gasteiger partial charge in [0.25, 0.3) is 0 Å². The molecule has 79 heavy (non-hydrogen) atoms. The van der Waals surface area contributed by atoms with Crippen molar-refractivity contribution in [1.29, 1.82) is 0 Å². The van der Waals surface area contributed by atoms with E-state index in [1.807, 2.05) is 21.1 Å². The topological polar surface area (TPSA) is 108 Å². The molecule has 0 spiro atoms. The third-order valence-corrected chi connectivity index (χ3v) is 16.1. The van der Waals surface area contributed by atoms with Crippen LogP contribution in [0, 0.1) is 0 Å². The SMILES string of the molecule is CC/C=C\C/C=C\C/C=C\C/C=C\CCCCCCCCCCCCCCCCCCCCCCCCCCCCC(=O)OC(COC(=O)CCCCCCCCCCCCCCCCCC)COP(=O)(O)OCC[N+](C)(C)C. The number of likely N-dealkylation sites (N-methyl/N-ethyl adjacent to an activating group) is 1. The van der Waals surface area contributed by atoms with Crippen LogP contribution in [0.2, 0.25) is 0 Å². The fourth-order valence-corrected chi connectivity index (χ4v) is 10.7. The molecular formula is C69H131NO8P+. The maximum Gasteiger partial charge on any atom is 0.472 e. The van der Waals surface area contributed by atoms with Gasteiger partial charge in [-0.1, -0.05) is 313 Å². The quantitative estimate of drug-likeness (QED) is 0.0211. The molecule has 0 aromatic rings.